The first-order chi connectivity index (χ1) is 11.3. The molecular formula is C15H18F3N3O3. The number of likely N-dealkylation sites (tertiary alicyclic amines) is 1. The SMILES string of the molecule is CCOc1cccc(CC(=O)NC2CCN(CC(F)(F)F)C2=O)n1. The van der Waals surface area contributed by atoms with Crippen molar-refractivity contribution in [3.05, 3.63) is 23.9 Å². The molecule has 2 heterocycles. The zero-order valence-electron chi connectivity index (χ0n) is 13.1. The number of nitrogens with zero attached hydrogens (tertiary/aromatic N) is 2. The number of hydrogen-bond donors (Lipinski definition) is 1. The van der Waals surface area contributed by atoms with Crippen LogP contribution >= 0.6 is 0 Å². The maximum absolute atomic E-state index is 12.4. The molecule has 2 rings (SSSR count). The molecule has 1 atom stereocenters. The molecule has 2 amide bonds. The lowest BCUT2D eigenvalue weighted by Crippen LogP contribution is -2.44. The van der Waals surface area contributed by atoms with Crippen molar-refractivity contribution in [3.63, 3.8) is 0 Å². The van der Waals surface area contributed by atoms with Crippen molar-refractivity contribution < 1.29 is 27.5 Å². The van der Waals surface area contributed by atoms with Crippen LogP contribution in [0.2, 0.25) is 0 Å². The second-order valence-corrected chi connectivity index (χ2v) is 5.36. The summed E-state index contributed by atoms with van der Waals surface area (Å²) >= 11 is 0. The number of nitrogens with one attached hydrogen (secondary N) is 1. The number of alkyl halides is 3. The van der Waals surface area contributed by atoms with Gasteiger partial charge in [0.2, 0.25) is 17.7 Å². The third-order valence-corrected chi connectivity index (χ3v) is 3.42. The van der Waals surface area contributed by atoms with Gasteiger partial charge in [0.25, 0.3) is 0 Å². The van der Waals surface area contributed by atoms with Crippen molar-refractivity contribution in [1.29, 1.82) is 0 Å². The number of pyridine rings is 1. The van der Waals surface area contributed by atoms with Crippen LogP contribution in [0.3, 0.4) is 0 Å². The van der Waals surface area contributed by atoms with Crippen molar-refractivity contribution in [1.82, 2.24) is 15.2 Å². The van der Waals surface area contributed by atoms with Gasteiger partial charge >= 0.3 is 6.18 Å². The molecule has 1 aromatic rings. The van der Waals surface area contributed by atoms with Crippen molar-refractivity contribution in [2.75, 3.05) is 19.7 Å². The van der Waals surface area contributed by atoms with Gasteiger partial charge in [0.15, 0.2) is 0 Å². The summed E-state index contributed by atoms with van der Waals surface area (Å²) in [5, 5.41) is 2.47. The van der Waals surface area contributed by atoms with Crippen LogP contribution in [-0.4, -0.2) is 53.6 Å². The number of carbonyl (C=O) groups is 2. The molecule has 0 radical (unpaired) electrons. The minimum Gasteiger partial charge on any atom is -0.478 e. The van der Waals surface area contributed by atoms with Crippen LogP contribution in [0, 0.1) is 0 Å². The number of hydrogen-bond acceptors (Lipinski definition) is 4. The van der Waals surface area contributed by atoms with Crippen LogP contribution in [0.15, 0.2) is 18.2 Å². The Bertz CT molecular complexity index is 607. The number of amides is 2. The zero-order valence-corrected chi connectivity index (χ0v) is 13.1. The van der Waals surface area contributed by atoms with E-state index in [1.54, 1.807) is 25.1 Å². The molecule has 1 N–H and O–H groups in total. The van der Waals surface area contributed by atoms with Gasteiger partial charge in [0, 0.05) is 12.6 Å². The van der Waals surface area contributed by atoms with E-state index >= 15 is 0 Å². The third kappa shape index (κ3) is 5.10. The van der Waals surface area contributed by atoms with Crippen LogP contribution in [0.25, 0.3) is 0 Å². The van der Waals surface area contributed by atoms with Gasteiger partial charge < -0.3 is 15.0 Å². The van der Waals surface area contributed by atoms with Crippen molar-refractivity contribution >= 4 is 11.8 Å². The molecule has 1 saturated heterocycles. The highest BCUT2D eigenvalue weighted by atomic mass is 19.4. The monoisotopic (exact) mass is 345 g/mol. The third-order valence-electron chi connectivity index (χ3n) is 3.42. The van der Waals surface area contributed by atoms with Gasteiger partial charge in [-0.1, -0.05) is 6.07 Å². The lowest BCUT2D eigenvalue weighted by Gasteiger charge is -2.18. The van der Waals surface area contributed by atoms with E-state index in [-0.39, 0.29) is 19.4 Å². The lowest BCUT2D eigenvalue weighted by molar-refractivity contribution is -0.158. The van der Waals surface area contributed by atoms with Gasteiger partial charge in [-0.3, -0.25) is 9.59 Å². The summed E-state index contributed by atoms with van der Waals surface area (Å²) in [6.45, 7) is 0.922. The number of rotatable bonds is 6. The Morgan fingerprint density at radius 1 is 1.46 bits per heavy atom. The molecule has 132 valence electrons. The molecule has 1 fully saturated rings. The first kappa shape index (κ1) is 18.0. The molecule has 1 unspecified atom stereocenters. The Kier molecular flexibility index (Phi) is 5.63. The van der Waals surface area contributed by atoms with Crippen LogP contribution in [-0.2, 0) is 16.0 Å². The molecular weight excluding hydrogens is 327 g/mol. The number of aromatic nitrogens is 1. The molecule has 0 spiro atoms. The first-order valence-electron chi connectivity index (χ1n) is 7.52. The molecule has 0 saturated carbocycles. The Hall–Kier alpha value is -2.32. The molecule has 1 aromatic heterocycles. The van der Waals surface area contributed by atoms with Crippen molar-refractivity contribution in [2.24, 2.45) is 0 Å². The molecule has 0 bridgehead atoms. The van der Waals surface area contributed by atoms with Crippen LogP contribution in [0.4, 0.5) is 13.2 Å². The number of carbonyl (C=O) groups excluding carboxylic acids is 2. The predicted octanol–water partition coefficient (Wildman–Crippen LogP) is 1.30. The average molecular weight is 345 g/mol. The Morgan fingerprint density at radius 3 is 2.88 bits per heavy atom. The van der Waals surface area contributed by atoms with Gasteiger partial charge in [0.05, 0.1) is 18.7 Å². The normalized spacial score (nSPS) is 17.9. The van der Waals surface area contributed by atoms with E-state index in [4.69, 9.17) is 4.74 Å². The summed E-state index contributed by atoms with van der Waals surface area (Å²) < 4.78 is 42.3. The fraction of sp³-hybridized carbons (Fsp3) is 0.533. The van der Waals surface area contributed by atoms with Gasteiger partial charge in [-0.05, 0) is 19.4 Å². The summed E-state index contributed by atoms with van der Waals surface area (Å²) in [4.78, 5) is 28.7. The number of halogens is 3. The molecule has 9 heteroatoms. The quantitative estimate of drug-likeness (QED) is 0.844. The van der Waals surface area contributed by atoms with E-state index in [2.05, 4.69) is 10.3 Å². The summed E-state index contributed by atoms with van der Waals surface area (Å²) in [6.07, 6.45) is -4.37. The van der Waals surface area contributed by atoms with Crippen LogP contribution in [0.1, 0.15) is 19.0 Å². The minimum atomic E-state index is -4.45. The minimum absolute atomic E-state index is 0.0264. The highest BCUT2D eigenvalue weighted by molar-refractivity contribution is 5.89. The Balaban J connectivity index is 1.89. The summed E-state index contributed by atoms with van der Waals surface area (Å²) in [7, 11) is 0. The molecule has 1 aliphatic heterocycles. The Morgan fingerprint density at radius 2 is 2.21 bits per heavy atom. The molecule has 1 aliphatic rings. The fourth-order valence-corrected chi connectivity index (χ4v) is 2.44. The van der Waals surface area contributed by atoms with Crippen molar-refractivity contribution in [3.8, 4) is 5.88 Å². The zero-order chi connectivity index (χ0) is 17.7. The van der Waals surface area contributed by atoms with Gasteiger partial charge in [0.1, 0.15) is 12.6 Å². The second-order valence-electron chi connectivity index (χ2n) is 5.36. The topological polar surface area (TPSA) is 71.5 Å². The standard InChI is InChI=1S/C15H18F3N3O3/c1-2-24-13-5-3-4-10(19-13)8-12(22)20-11-6-7-21(14(11)23)9-15(16,17)18/h3-5,11H,2,6-9H2,1H3,(H,20,22). The maximum atomic E-state index is 12.4. The van der Waals surface area contributed by atoms with E-state index in [9.17, 15) is 22.8 Å². The maximum Gasteiger partial charge on any atom is 0.406 e. The molecule has 24 heavy (non-hydrogen) atoms. The first-order valence-corrected chi connectivity index (χ1v) is 7.52. The lowest BCUT2D eigenvalue weighted by atomic mass is 10.2. The number of ether oxygens (including phenoxy) is 1. The smallest absolute Gasteiger partial charge is 0.406 e. The average Bonchev–Trinajstić information content (AvgIpc) is 2.79. The largest absolute Gasteiger partial charge is 0.478 e. The van der Waals surface area contributed by atoms with Gasteiger partial charge in [-0.2, -0.15) is 13.2 Å². The van der Waals surface area contributed by atoms with Crippen LogP contribution in [0.5, 0.6) is 5.88 Å². The van der Waals surface area contributed by atoms with E-state index in [0.29, 0.717) is 23.1 Å². The van der Waals surface area contributed by atoms with E-state index in [1.807, 2.05) is 0 Å². The summed E-state index contributed by atoms with van der Waals surface area (Å²) in [5.74, 6) is -0.795. The summed E-state index contributed by atoms with van der Waals surface area (Å²) in [6, 6.07) is 4.05. The summed E-state index contributed by atoms with van der Waals surface area (Å²) in [5.41, 5.74) is 0.455. The second kappa shape index (κ2) is 7.50. The van der Waals surface area contributed by atoms with Gasteiger partial charge in [-0.15, -0.1) is 0 Å². The van der Waals surface area contributed by atoms with Crippen molar-refractivity contribution in [2.45, 2.75) is 32.0 Å². The van der Waals surface area contributed by atoms with E-state index < -0.39 is 30.6 Å². The predicted molar refractivity (Wildman–Crippen MR) is 78.3 cm³/mol. The van der Waals surface area contributed by atoms with E-state index in [0.717, 1.165) is 0 Å². The highest BCUT2D eigenvalue weighted by Crippen LogP contribution is 2.21. The van der Waals surface area contributed by atoms with E-state index in [1.165, 1.54) is 0 Å². The molecule has 0 aliphatic carbocycles. The van der Waals surface area contributed by atoms with Gasteiger partial charge in [-0.25, -0.2) is 4.98 Å². The molecule has 0 aromatic carbocycles. The fourth-order valence-electron chi connectivity index (χ4n) is 2.44. The highest BCUT2D eigenvalue weighted by Gasteiger charge is 2.39. The van der Waals surface area contributed by atoms with Crippen LogP contribution < -0.4 is 10.1 Å². The molecule has 6 nitrogen and oxygen atoms in total. The Labute approximate surface area is 137 Å².